The van der Waals surface area contributed by atoms with Crippen molar-refractivity contribution in [2.75, 3.05) is 19.0 Å². The summed E-state index contributed by atoms with van der Waals surface area (Å²) < 4.78 is 23.3. The molecule has 0 fully saturated rings. The highest BCUT2D eigenvalue weighted by molar-refractivity contribution is 6.31. The van der Waals surface area contributed by atoms with Crippen LogP contribution in [0.2, 0.25) is 5.02 Å². The van der Waals surface area contributed by atoms with Gasteiger partial charge in [-0.2, -0.15) is 0 Å². The lowest BCUT2D eigenvalue weighted by molar-refractivity contribution is -0.146. The molecular formula is C18H17ClFNO4. The minimum Gasteiger partial charge on any atom is -0.494 e. The number of carbonyl (C=O) groups excluding carboxylic acids is 2. The normalized spacial score (nSPS) is 10.2. The van der Waals surface area contributed by atoms with E-state index < -0.39 is 24.3 Å². The first kappa shape index (κ1) is 18.7. The summed E-state index contributed by atoms with van der Waals surface area (Å²) >= 11 is 5.97. The van der Waals surface area contributed by atoms with Gasteiger partial charge in [0.1, 0.15) is 0 Å². The molecule has 1 N–H and O–H groups in total. The largest absolute Gasteiger partial charge is 0.494 e. The molecule has 2 rings (SSSR count). The molecule has 25 heavy (non-hydrogen) atoms. The third-order valence-electron chi connectivity index (χ3n) is 3.47. The topological polar surface area (TPSA) is 64.6 Å². The van der Waals surface area contributed by atoms with Crippen LogP contribution in [0.3, 0.4) is 0 Å². The number of esters is 1. The minimum atomic E-state index is -0.637. The number of hydrogen-bond acceptors (Lipinski definition) is 4. The van der Waals surface area contributed by atoms with Gasteiger partial charge in [0.15, 0.2) is 18.2 Å². The molecule has 0 aliphatic rings. The number of hydrogen-bond donors (Lipinski definition) is 1. The molecule has 7 heteroatoms. The molecule has 1 amide bonds. The van der Waals surface area contributed by atoms with Crippen LogP contribution in [0, 0.1) is 12.7 Å². The van der Waals surface area contributed by atoms with Gasteiger partial charge in [-0.25, -0.2) is 4.39 Å². The van der Waals surface area contributed by atoms with Crippen LogP contribution in [0.5, 0.6) is 5.75 Å². The number of benzene rings is 2. The van der Waals surface area contributed by atoms with Crippen molar-refractivity contribution in [3.05, 3.63) is 58.4 Å². The highest BCUT2D eigenvalue weighted by Gasteiger charge is 2.12. The van der Waals surface area contributed by atoms with Gasteiger partial charge in [0, 0.05) is 10.7 Å². The van der Waals surface area contributed by atoms with E-state index in [1.165, 1.54) is 19.2 Å². The van der Waals surface area contributed by atoms with Gasteiger partial charge in [0.05, 0.1) is 13.5 Å². The molecule has 0 saturated heterocycles. The van der Waals surface area contributed by atoms with Crippen LogP contribution in [0.1, 0.15) is 11.1 Å². The maximum absolute atomic E-state index is 13.6. The Kier molecular flexibility index (Phi) is 6.36. The minimum absolute atomic E-state index is 0.0911. The molecule has 0 aromatic heterocycles. The Morgan fingerprint density at radius 2 is 2.00 bits per heavy atom. The number of carbonyl (C=O) groups is 2. The van der Waals surface area contributed by atoms with E-state index in [0.717, 1.165) is 5.56 Å². The summed E-state index contributed by atoms with van der Waals surface area (Å²) in [5, 5.41) is 3.14. The van der Waals surface area contributed by atoms with Gasteiger partial charge < -0.3 is 14.8 Å². The first-order chi connectivity index (χ1) is 11.9. The zero-order chi connectivity index (χ0) is 18.4. The average Bonchev–Trinajstić information content (AvgIpc) is 2.57. The summed E-state index contributed by atoms with van der Waals surface area (Å²) in [7, 11) is 1.35. The van der Waals surface area contributed by atoms with Gasteiger partial charge in [-0.15, -0.1) is 0 Å². The molecule has 0 unspecified atom stereocenters. The molecule has 0 atom stereocenters. The number of anilines is 1. The van der Waals surface area contributed by atoms with Crippen molar-refractivity contribution in [3.8, 4) is 5.75 Å². The molecule has 0 aliphatic carbocycles. The molecule has 5 nitrogen and oxygen atoms in total. The molecule has 0 saturated carbocycles. The van der Waals surface area contributed by atoms with Gasteiger partial charge >= 0.3 is 5.97 Å². The summed E-state index contributed by atoms with van der Waals surface area (Å²) in [6.45, 7) is 1.33. The van der Waals surface area contributed by atoms with Crippen LogP contribution in [-0.4, -0.2) is 25.6 Å². The number of nitrogens with one attached hydrogen (secondary N) is 1. The van der Waals surface area contributed by atoms with Gasteiger partial charge in [0.2, 0.25) is 0 Å². The Balaban J connectivity index is 1.86. The van der Waals surface area contributed by atoms with Gasteiger partial charge in [-0.05, 0) is 42.3 Å². The predicted molar refractivity (Wildman–Crippen MR) is 92.4 cm³/mol. The Bertz CT molecular complexity index is 795. The summed E-state index contributed by atoms with van der Waals surface area (Å²) in [5.74, 6) is -1.60. The van der Waals surface area contributed by atoms with Gasteiger partial charge in [-0.1, -0.05) is 23.7 Å². The van der Waals surface area contributed by atoms with E-state index in [-0.39, 0.29) is 12.2 Å². The monoisotopic (exact) mass is 365 g/mol. The Labute approximate surface area is 149 Å². The van der Waals surface area contributed by atoms with Crippen molar-refractivity contribution < 1.29 is 23.5 Å². The fourth-order valence-electron chi connectivity index (χ4n) is 2.11. The average molecular weight is 366 g/mol. The molecular weight excluding hydrogens is 349 g/mol. The first-order valence-corrected chi connectivity index (χ1v) is 7.81. The van der Waals surface area contributed by atoms with Crippen LogP contribution >= 0.6 is 11.6 Å². The van der Waals surface area contributed by atoms with Gasteiger partial charge in [0.25, 0.3) is 5.91 Å². The fourth-order valence-corrected chi connectivity index (χ4v) is 2.29. The van der Waals surface area contributed by atoms with Crippen LogP contribution in [0.4, 0.5) is 10.1 Å². The van der Waals surface area contributed by atoms with Crippen LogP contribution < -0.4 is 10.1 Å². The molecule has 0 heterocycles. The molecule has 0 aliphatic heterocycles. The van der Waals surface area contributed by atoms with Crippen LogP contribution in [0.25, 0.3) is 0 Å². The zero-order valence-corrected chi connectivity index (χ0v) is 14.5. The van der Waals surface area contributed by atoms with E-state index in [2.05, 4.69) is 5.32 Å². The summed E-state index contributed by atoms with van der Waals surface area (Å²) in [6, 6.07) is 9.28. The lowest BCUT2D eigenvalue weighted by Gasteiger charge is -2.10. The number of halogens is 2. The highest BCUT2D eigenvalue weighted by Crippen LogP contribution is 2.22. The number of amides is 1. The SMILES string of the molecule is COc1ccc(CC(=O)OCC(=O)Nc2cccc(Cl)c2C)cc1F. The summed E-state index contributed by atoms with van der Waals surface area (Å²) in [4.78, 5) is 23.6. The Morgan fingerprint density at radius 3 is 2.68 bits per heavy atom. The van der Waals surface area contributed by atoms with E-state index in [0.29, 0.717) is 16.3 Å². The molecule has 132 valence electrons. The third-order valence-corrected chi connectivity index (χ3v) is 3.88. The smallest absolute Gasteiger partial charge is 0.310 e. The first-order valence-electron chi connectivity index (χ1n) is 7.43. The van der Waals surface area contributed by atoms with Crippen molar-refractivity contribution in [3.63, 3.8) is 0 Å². The van der Waals surface area contributed by atoms with E-state index in [1.54, 1.807) is 31.2 Å². The second-order valence-corrected chi connectivity index (χ2v) is 5.67. The quantitative estimate of drug-likeness (QED) is 0.795. The molecule has 0 bridgehead atoms. The number of methoxy groups -OCH3 is 1. The third kappa shape index (κ3) is 5.19. The zero-order valence-electron chi connectivity index (χ0n) is 13.8. The van der Waals surface area contributed by atoms with Crippen molar-refractivity contribution >= 4 is 29.2 Å². The molecule has 0 radical (unpaired) electrons. The Hall–Kier alpha value is -2.60. The standard InChI is InChI=1S/C18H17ClFNO4/c1-11-13(19)4-3-5-15(11)21-17(22)10-25-18(23)9-12-6-7-16(24-2)14(20)8-12/h3-8H,9-10H2,1-2H3,(H,21,22). The van der Waals surface area contributed by atoms with Gasteiger partial charge in [-0.3, -0.25) is 9.59 Å². The fraction of sp³-hybridized carbons (Fsp3) is 0.222. The molecule has 2 aromatic rings. The number of ether oxygens (including phenoxy) is 2. The van der Waals surface area contributed by atoms with Crippen molar-refractivity contribution in [2.45, 2.75) is 13.3 Å². The van der Waals surface area contributed by atoms with Crippen molar-refractivity contribution in [1.29, 1.82) is 0 Å². The highest BCUT2D eigenvalue weighted by atomic mass is 35.5. The van der Waals surface area contributed by atoms with E-state index in [4.69, 9.17) is 21.1 Å². The summed E-state index contributed by atoms with van der Waals surface area (Å²) in [5.41, 5.74) is 1.69. The van der Waals surface area contributed by atoms with Crippen molar-refractivity contribution in [1.82, 2.24) is 0 Å². The summed E-state index contributed by atoms with van der Waals surface area (Å²) in [6.07, 6.45) is -0.148. The van der Waals surface area contributed by atoms with Crippen molar-refractivity contribution in [2.24, 2.45) is 0 Å². The van der Waals surface area contributed by atoms with Crippen LogP contribution in [0.15, 0.2) is 36.4 Å². The number of rotatable bonds is 6. The maximum Gasteiger partial charge on any atom is 0.310 e. The predicted octanol–water partition coefficient (Wildman–Crippen LogP) is 3.52. The lowest BCUT2D eigenvalue weighted by atomic mass is 10.1. The Morgan fingerprint density at radius 1 is 1.24 bits per heavy atom. The lowest BCUT2D eigenvalue weighted by Crippen LogP contribution is -2.22. The molecule has 2 aromatic carbocycles. The maximum atomic E-state index is 13.6. The van der Waals surface area contributed by atoms with E-state index in [9.17, 15) is 14.0 Å². The molecule has 0 spiro atoms. The second-order valence-electron chi connectivity index (χ2n) is 5.27. The van der Waals surface area contributed by atoms with E-state index in [1.807, 2.05) is 0 Å². The van der Waals surface area contributed by atoms with Crippen LogP contribution in [-0.2, 0) is 20.7 Å². The second kappa shape index (κ2) is 8.48. The van der Waals surface area contributed by atoms with E-state index >= 15 is 0 Å².